The van der Waals surface area contributed by atoms with Crippen molar-refractivity contribution < 1.29 is 22.5 Å². The quantitative estimate of drug-likeness (QED) is 0.270. The van der Waals surface area contributed by atoms with Crippen LogP contribution in [0.15, 0.2) is 72.3 Å². The van der Waals surface area contributed by atoms with Gasteiger partial charge >= 0.3 is 5.97 Å². The molecular weight excluding hydrogens is 440 g/mol. The third-order valence-electron chi connectivity index (χ3n) is 5.25. The number of carbonyl (C=O) groups is 1. The lowest BCUT2D eigenvalue weighted by Crippen LogP contribution is -2.15. The molecule has 0 saturated carbocycles. The summed E-state index contributed by atoms with van der Waals surface area (Å²) < 4.78 is 36.1. The number of hydrogen-bond acceptors (Lipinski definition) is 6. The molecule has 0 unspecified atom stereocenters. The Morgan fingerprint density at radius 2 is 1.52 bits per heavy atom. The van der Waals surface area contributed by atoms with Crippen LogP contribution in [0.5, 0.6) is 0 Å². The first-order chi connectivity index (χ1) is 15.8. The van der Waals surface area contributed by atoms with E-state index < -0.39 is 28.4 Å². The second-order valence-corrected chi connectivity index (χ2v) is 8.83. The highest BCUT2D eigenvalue weighted by Gasteiger charge is 2.31. The van der Waals surface area contributed by atoms with E-state index in [2.05, 4.69) is 0 Å². The molecule has 0 bridgehead atoms. The molecule has 162 valence electrons. The van der Waals surface area contributed by atoms with Crippen molar-refractivity contribution in [2.24, 2.45) is 0 Å². The van der Waals surface area contributed by atoms with Gasteiger partial charge in [0.05, 0.1) is 5.56 Å². The molecule has 1 N–H and O–H groups in total. The summed E-state index contributed by atoms with van der Waals surface area (Å²) in [5, 5.41) is 19.2. The van der Waals surface area contributed by atoms with Crippen molar-refractivity contribution in [3.63, 3.8) is 0 Å². The molecule has 0 saturated heterocycles. The number of hydrogen-bond donors (Lipinski definition) is 1. The summed E-state index contributed by atoms with van der Waals surface area (Å²) in [7, 11) is -4.30. The Morgan fingerprint density at radius 3 is 2.15 bits per heavy atom. The SMILES string of the molecule is N#CC(C#N)=C1c2ccccc2-c2c(C(=O)OCCS(=O)(=O)O)cc(-c3ccccc3)cc21. The van der Waals surface area contributed by atoms with Gasteiger partial charge in [-0.05, 0) is 39.9 Å². The molecule has 33 heavy (non-hydrogen) atoms. The molecule has 3 aromatic carbocycles. The molecule has 4 rings (SSSR count). The molecule has 0 spiro atoms. The standard InChI is InChI=1S/C25H16N2O5S/c26-14-18(15-27)23-19-8-4-5-9-20(19)24-21(23)12-17(16-6-2-1-3-7-16)13-22(24)25(28)32-10-11-33(29,30)31/h1-9,12-13H,10-11H2,(H,29,30,31). The van der Waals surface area contributed by atoms with Crippen molar-refractivity contribution in [3.8, 4) is 34.4 Å². The zero-order chi connectivity index (χ0) is 23.6. The van der Waals surface area contributed by atoms with E-state index in [0.29, 0.717) is 33.4 Å². The van der Waals surface area contributed by atoms with Crippen LogP contribution in [0.1, 0.15) is 21.5 Å². The van der Waals surface area contributed by atoms with Gasteiger partial charge in [0.2, 0.25) is 0 Å². The summed E-state index contributed by atoms with van der Waals surface area (Å²) in [6.07, 6.45) is 0. The Bertz CT molecular complexity index is 1480. The van der Waals surface area contributed by atoms with Crippen molar-refractivity contribution in [2.75, 3.05) is 12.4 Å². The molecule has 0 fully saturated rings. The van der Waals surface area contributed by atoms with E-state index in [1.165, 1.54) is 0 Å². The van der Waals surface area contributed by atoms with E-state index in [9.17, 15) is 23.7 Å². The van der Waals surface area contributed by atoms with Gasteiger partial charge < -0.3 is 4.74 Å². The fourth-order valence-corrected chi connectivity index (χ4v) is 4.17. The Morgan fingerprint density at radius 1 is 0.879 bits per heavy atom. The summed E-state index contributed by atoms with van der Waals surface area (Å²) >= 11 is 0. The van der Waals surface area contributed by atoms with Crippen molar-refractivity contribution in [3.05, 3.63) is 89.0 Å². The Kier molecular flexibility index (Phi) is 5.80. The Hall–Kier alpha value is -4.24. The monoisotopic (exact) mass is 456 g/mol. The van der Waals surface area contributed by atoms with Crippen molar-refractivity contribution in [2.45, 2.75) is 0 Å². The molecule has 0 radical (unpaired) electrons. The lowest BCUT2D eigenvalue weighted by molar-refractivity contribution is 0.0529. The smallest absolute Gasteiger partial charge is 0.338 e. The zero-order valence-corrected chi connectivity index (χ0v) is 18.0. The van der Waals surface area contributed by atoms with Crippen molar-refractivity contribution in [1.82, 2.24) is 0 Å². The normalized spacial score (nSPS) is 11.7. The minimum atomic E-state index is -4.30. The Balaban J connectivity index is 1.97. The molecule has 0 aliphatic heterocycles. The predicted octanol–water partition coefficient (Wildman–Crippen LogP) is 4.23. The number of nitrogens with zero attached hydrogens (tertiary/aromatic N) is 2. The third kappa shape index (κ3) is 4.26. The average molecular weight is 456 g/mol. The Labute approximate surface area is 190 Å². The van der Waals surface area contributed by atoms with Gasteiger partial charge in [0.25, 0.3) is 10.1 Å². The summed E-state index contributed by atoms with van der Waals surface area (Å²) in [4.78, 5) is 13.1. The summed E-state index contributed by atoms with van der Waals surface area (Å²) in [6.45, 7) is -0.520. The first-order valence-electron chi connectivity index (χ1n) is 9.84. The fraction of sp³-hybridized carbons (Fsp3) is 0.0800. The third-order valence-corrected chi connectivity index (χ3v) is 5.93. The minimum absolute atomic E-state index is 0.0860. The van der Waals surface area contributed by atoms with Gasteiger partial charge in [-0.25, -0.2) is 4.79 Å². The highest BCUT2D eigenvalue weighted by molar-refractivity contribution is 7.85. The molecule has 1 aliphatic carbocycles. The topological polar surface area (TPSA) is 128 Å². The largest absolute Gasteiger partial charge is 0.461 e. The first kappa shape index (κ1) is 22.0. The number of esters is 1. The molecule has 1 aliphatic rings. The van der Waals surface area contributed by atoms with Crippen LogP contribution in [0.2, 0.25) is 0 Å². The van der Waals surface area contributed by atoms with Crippen LogP contribution >= 0.6 is 0 Å². The van der Waals surface area contributed by atoms with Crippen molar-refractivity contribution in [1.29, 1.82) is 10.5 Å². The first-order valence-corrected chi connectivity index (χ1v) is 11.5. The average Bonchev–Trinajstić information content (AvgIpc) is 3.13. The number of allylic oxidation sites excluding steroid dienone is 1. The van der Waals surface area contributed by atoms with Gasteiger partial charge in [0, 0.05) is 11.1 Å². The van der Waals surface area contributed by atoms with Gasteiger partial charge in [0.15, 0.2) is 0 Å². The van der Waals surface area contributed by atoms with E-state index in [4.69, 9.17) is 9.29 Å². The maximum absolute atomic E-state index is 13.1. The van der Waals surface area contributed by atoms with E-state index in [0.717, 1.165) is 5.56 Å². The molecule has 3 aromatic rings. The van der Waals surface area contributed by atoms with E-state index in [-0.39, 0.29) is 11.1 Å². The predicted molar refractivity (Wildman–Crippen MR) is 121 cm³/mol. The lowest BCUT2D eigenvalue weighted by atomic mass is 9.92. The van der Waals surface area contributed by atoms with E-state index >= 15 is 0 Å². The lowest BCUT2D eigenvalue weighted by Gasteiger charge is -2.13. The van der Waals surface area contributed by atoms with E-state index in [1.54, 1.807) is 30.3 Å². The zero-order valence-electron chi connectivity index (χ0n) is 17.1. The van der Waals surface area contributed by atoms with Gasteiger partial charge in [-0.3, -0.25) is 4.55 Å². The number of benzene rings is 3. The number of nitriles is 2. The van der Waals surface area contributed by atoms with Crippen LogP contribution in [-0.4, -0.2) is 31.3 Å². The molecule has 7 nitrogen and oxygen atoms in total. The highest BCUT2D eigenvalue weighted by atomic mass is 32.2. The molecule has 0 amide bonds. The summed E-state index contributed by atoms with van der Waals surface area (Å²) in [6, 6.07) is 23.7. The highest BCUT2D eigenvalue weighted by Crippen LogP contribution is 2.48. The number of rotatable bonds is 5. The van der Waals surface area contributed by atoms with Gasteiger partial charge in [-0.1, -0.05) is 54.6 Å². The van der Waals surface area contributed by atoms with Crippen molar-refractivity contribution >= 4 is 21.7 Å². The summed E-state index contributed by atoms with van der Waals surface area (Å²) in [5.74, 6) is -1.51. The number of ether oxygens (including phenoxy) is 1. The van der Waals surface area contributed by atoms with Crippen LogP contribution in [0.4, 0.5) is 0 Å². The van der Waals surface area contributed by atoms with Gasteiger partial charge in [-0.2, -0.15) is 18.9 Å². The molecule has 0 aromatic heterocycles. The van der Waals surface area contributed by atoms with Crippen LogP contribution in [0, 0.1) is 22.7 Å². The summed E-state index contributed by atoms with van der Waals surface area (Å²) in [5.41, 5.74) is 4.31. The van der Waals surface area contributed by atoms with Crippen LogP contribution in [0.3, 0.4) is 0 Å². The molecule has 0 heterocycles. The van der Waals surface area contributed by atoms with Crippen LogP contribution in [0.25, 0.3) is 27.8 Å². The fourth-order valence-electron chi connectivity index (χ4n) is 3.88. The maximum atomic E-state index is 13.1. The number of fused-ring (bicyclic) bond motifs is 3. The molecular formula is C25H16N2O5S. The maximum Gasteiger partial charge on any atom is 0.338 e. The van der Waals surface area contributed by atoms with Gasteiger partial charge in [0.1, 0.15) is 30.1 Å². The molecule has 0 atom stereocenters. The van der Waals surface area contributed by atoms with Crippen LogP contribution < -0.4 is 0 Å². The second kappa shape index (κ2) is 8.71. The second-order valence-electron chi connectivity index (χ2n) is 7.25. The number of carbonyl (C=O) groups excluding carboxylic acids is 1. The van der Waals surface area contributed by atoms with Gasteiger partial charge in [-0.15, -0.1) is 0 Å². The molecule has 8 heteroatoms. The van der Waals surface area contributed by atoms with E-state index in [1.807, 2.05) is 48.5 Å². The minimum Gasteiger partial charge on any atom is -0.461 e. The van der Waals surface area contributed by atoms with Crippen LogP contribution in [-0.2, 0) is 14.9 Å².